The molecule has 3 saturated heterocycles. The first-order chi connectivity index (χ1) is 18.0. The van der Waals surface area contributed by atoms with Crippen molar-refractivity contribution in [3.8, 4) is 0 Å². The number of carbonyl (C=O) groups excluding carboxylic acids is 3. The maximum Gasteiger partial charge on any atom is 0.247 e. The number of likely N-dealkylation sites (tertiary alicyclic amines) is 1. The number of thioether (sulfide) groups is 1. The van der Waals surface area contributed by atoms with Gasteiger partial charge in [0, 0.05) is 35.8 Å². The second kappa shape index (κ2) is 11.5. The van der Waals surface area contributed by atoms with Gasteiger partial charge in [-0.3, -0.25) is 14.4 Å². The van der Waals surface area contributed by atoms with Crippen LogP contribution in [0.3, 0.4) is 0 Å². The van der Waals surface area contributed by atoms with E-state index in [0.29, 0.717) is 19.5 Å². The average molecular weight is 627 g/mol. The number of hydrogen-bond acceptors (Lipinski definition) is 5. The van der Waals surface area contributed by atoms with Gasteiger partial charge in [-0.1, -0.05) is 62.7 Å². The van der Waals surface area contributed by atoms with Crippen LogP contribution in [0.5, 0.6) is 0 Å². The summed E-state index contributed by atoms with van der Waals surface area (Å²) in [6, 6.07) is -1.32. The van der Waals surface area contributed by atoms with Crippen LogP contribution < -0.4 is 0 Å². The van der Waals surface area contributed by atoms with Gasteiger partial charge in [-0.15, -0.1) is 24.9 Å². The van der Waals surface area contributed by atoms with Gasteiger partial charge >= 0.3 is 0 Å². The van der Waals surface area contributed by atoms with Crippen molar-refractivity contribution in [3.05, 3.63) is 25.3 Å². The highest BCUT2D eigenvalue weighted by Gasteiger charge is 2.76. The Bertz CT molecular complexity index is 995. The standard InChI is InChI=1S/C30H48BrN3O4S/c1-11-13-32(10)25(36)21-22-26(37)34(20(16-35)18(3)4)24(30(22)15-19(31)23(21)39-30)27(38)33(14-12-2)29(8,9)17-28(5,6)7/h11-12,18-24,35H,1-2,13-17H2,3-10H3/t19?,20-,21+,22-,23+,24?,30?/m0/s1. The number of hydrogen-bond donors (Lipinski definition) is 1. The molecule has 39 heavy (non-hydrogen) atoms. The molecule has 1 N–H and O–H groups in total. The van der Waals surface area contributed by atoms with Crippen LogP contribution in [-0.2, 0) is 14.4 Å². The van der Waals surface area contributed by atoms with Crippen LogP contribution in [0.15, 0.2) is 25.3 Å². The van der Waals surface area contributed by atoms with Crippen molar-refractivity contribution >= 4 is 45.4 Å². The number of amides is 3. The van der Waals surface area contributed by atoms with Crippen molar-refractivity contribution in [3.63, 3.8) is 0 Å². The Morgan fingerprint density at radius 3 is 2.26 bits per heavy atom. The van der Waals surface area contributed by atoms with Gasteiger partial charge < -0.3 is 19.8 Å². The molecule has 7 nitrogen and oxygen atoms in total. The number of rotatable bonds is 11. The van der Waals surface area contributed by atoms with Gasteiger partial charge in [0.05, 0.1) is 29.2 Å². The summed E-state index contributed by atoms with van der Waals surface area (Å²) in [6.07, 6.45) is 4.79. The van der Waals surface area contributed by atoms with Crippen molar-refractivity contribution in [2.45, 2.75) is 93.8 Å². The number of aliphatic hydroxyl groups is 1. The fraction of sp³-hybridized carbons (Fsp3) is 0.767. The van der Waals surface area contributed by atoms with E-state index in [0.717, 1.165) is 6.42 Å². The maximum atomic E-state index is 14.9. The van der Waals surface area contributed by atoms with Gasteiger partial charge in [0.25, 0.3) is 0 Å². The number of aliphatic hydroxyl groups excluding tert-OH is 1. The zero-order valence-corrected chi connectivity index (χ0v) is 27.3. The summed E-state index contributed by atoms with van der Waals surface area (Å²) >= 11 is 5.47. The van der Waals surface area contributed by atoms with Crippen molar-refractivity contribution in [2.75, 3.05) is 26.7 Å². The Kier molecular flexibility index (Phi) is 9.51. The Labute approximate surface area is 247 Å². The predicted molar refractivity (Wildman–Crippen MR) is 163 cm³/mol. The molecule has 1 spiro atoms. The molecule has 2 bridgehead atoms. The smallest absolute Gasteiger partial charge is 0.247 e. The summed E-state index contributed by atoms with van der Waals surface area (Å²) in [5, 5.41) is 10.4. The fourth-order valence-electron chi connectivity index (χ4n) is 7.45. The van der Waals surface area contributed by atoms with Crippen molar-refractivity contribution in [1.29, 1.82) is 0 Å². The molecule has 0 aromatic rings. The van der Waals surface area contributed by atoms with Crippen molar-refractivity contribution in [1.82, 2.24) is 14.7 Å². The van der Waals surface area contributed by atoms with Gasteiger partial charge in [0.15, 0.2) is 0 Å². The lowest BCUT2D eigenvalue weighted by Gasteiger charge is -2.47. The van der Waals surface area contributed by atoms with E-state index in [2.05, 4.69) is 63.7 Å². The van der Waals surface area contributed by atoms with Gasteiger partial charge in [-0.2, -0.15) is 0 Å². The van der Waals surface area contributed by atoms with Crippen LogP contribution in [0.1, 0.15) is 61.3 Å². The van der Waals surface area contributed by atoms with E-state index in [1.165, 1.54) is 0 Å². The summed E-state index contributed by atoms with van der Waals surface area (Å²) in [4.78, 5) is 48.3. The first-order valence-corrected chi connectivity index (χ1v) is 15.8. The summed E-state index contributed by atoms with van der Waals surface area (Å²) in [5.41, 5.74) is -0.538. The van der Waals surface area contributed by atoms with Crippen LogP contribution in [0.25, 0.3) is 0 Å². The predicted octanol–water partition coefficient (Wildman–Crippen LogP) is 4.34. The van der Waals surface area contributed by atoms with E-state index in [4.69, 9.17) is 0 Å². The van der Waals surface area contributed by atoms with Gasteiger partial charge in [-0.25, -0.2) is 0 Å². The molecule has 3 aliphatic rings. The number of halogens is 1. The van der Waals surface area contributed by atoms with Crippen LogP contribution >= 0.6 is 27.7 Å². The third-order valence-corrected chi connectivity index (χ3v) is 11.8. The molecule has 0 aromatic carbocycles. The highest BCUT2D eigenvalue weighted by atomic mass is 79.9. The Morgan fingerprint density at radius 1 is 1.18 bits per heavy atom. The molecule has 0 aromatic heterocycles. The lowest BCUT2D eigenvalue weighted by molar-refractivity contribution is -0.150. The van der Waals surface area contributed by atoms with Crippen LogP contribution in [0.4, 0.5) is 0 Å². The monoisotopic (exact) mass is 625 g/mol. The van der Waals surface area contributed by atoms with E-state index in [-0.39, 0.29) is 45.7 Å². The highest BCUT2D eigenvalue weighted by Crippen LogP contribution is 2.68. The van der Waals surface area contributed by atoms with E-state index in [1.807, 2.05) is 18.7 Å². The SMILES string of the molecule is C=CCN(C)C(=O)[C@H]1[C@@H]2SC3(CC2Br)C(C(=O)N(CC=C)C(C)(C)CC(C)(C)C)N([C@@H](CO)C(C)C)C(=O)[C@H]13. The molecule has 3 heterocycles. The number of likely N-dealkylation sites (N-methyl/N-ethyl adjacent to an activating group) is 1. The summed E-state index contributed by atoms with van der Waals surface area (Å²) in [5.74, 6) is -1.65. The molecule has 7 atom stereocenters. The molecular formula is C30H48BrN3O4S. The van der Waals surface area contributed by atoms with E-state index in [1.54, 1.807) is 40.8 Å². The van der Waals surface area contributed by atoms with E-state index >= 15 is 0 Å². The number of carbonyl (C=O) groups is 3. The normalized spacial score (nSPS) is 30.9. The van der Waals surface area contributed by atoms with Crippen LogP contribution in [0.2, 0.25) is 0 Å². The van der Waals surface area contributed by atoms with Gasteiger partial charge in [0.2, 0.25) is 17.7 Å². The summed E-state index contributed by atoms with van der Waals surface area (Å²) < 4.78 is -0.762. The zero-order chi connectivity index (χ0) is 29.7. The first kappa shape index (κ1) is 32.2. The van der Waals surface area contributed by atoms with Gasteiger partial charge in [-0.05, 0) is 38.0 Å². The topological polar surface area (TPSA) is 81.2 Å². The van der Waals surface area contributed by atoms with Gasteiger partial charge in [0.1, 0.15) is 6.04 Å². The lowest BCUT2D eigenvalue weighted by atomic mass is 9.70. The Balaban J connectivity index is 2.19. The third-order valence-electron chi connectivity index (χ3n) is 8.61. The largest absolute Gasteiger partial charge is 0.394 e. The molecule has 0 radical (unpaired) electrons. The number of alkyl halides is 1. The molecular weight excluding hydrogens is 578 g/mol. The fourth-order valence-corrected chi connectivity index (χ4v) is 11.0. The molecule has 3 unspecified atom stereocenters. The second-order valence-electron chi connectivity index (χ2n) is 13.7. The molecule has 0 saturated carbocycles. The van der Waals surface area contributed by atoms with Crippen molar-refractivity contribution < 1.29 is 19.5 Å². The third kappa shape index (κ3) is 5.61. The molecule has 3 fully saturated rings. The zero-order valence-electron chi connectivity index (χ0n) is 24.9. The second-order valence-corrected chi connectivity index (χ2v) is 16.4. The van der Waals surface area contributed by atoms with Crippen LogP contribution in [0, 0.1) is 23.2 Å². The highest BCUT2D eigenvalue weighted by molar-refractivity contribution is 9.09. The molecule has 9 heteroatoms. The Morgan fingerprint density at radius 2 is 1.77 bits per heavy atom. The minimum atomic E-state index is -0.786. The first-order valence-electron chi connectivity index (χ1n) is 14.0. The molecule has 3 amide bonds. The summed E-state index contributed by atoms with van der Waals surface area (Å²) in [6.45, 7) is 22.8. The summed E-state index contributed by atoms with van der Waals surface area (Å²) in [7, 11) is 1.74. The quantitative estimate of drug-likeness (QED) is 0.273. The van der Waals surface area contributed by atoms with E-state index < -0.39 is 34.2 Å². The molecule has 3 rings (SSSR count). The molecule has 3 aliphatic heterocycles. The van der Waals surface area contributed by atoms with E-state index in [9.17, 15) is 19.5 Å². The average Bonchev–Trinajstić information content (AvgIpc) is 3.39. The van der Waals surface area contributed by atoms with Crippen molar-refractivity contribution in [2.24, 2.45) is 23.2 Å². The molecule has 220 valence electrons. The van der Waals surface area contributed by atoms with Crippen LogP contribution in [-0.4, -0.2) is 96.7 Å². The molecule has 0 aliphatic carbocycles. The Hall–Kier alpha value is -1.32. The maximum absolute atomic E-state index is 14.9. The number of nitrogens with zero attached hydrogens (tertiary/aromatic N) is 3. The minimum absolute atomic E-state index is 0.00468. The minimum Gasteiger partial charge on any atom is -0.394 e. The number of fused-ring (bicyclic) bond motifs is 1. The lowest BCUT2D eigenvalue weighted by Crippen LogP contribution is -2.62.